The van der Waals surface area contributed by atoms with Gasteiger partial charge >= 0.3 is 5.69 Å². The first-order chi connectivity index (χ1) is 13.3. The summed E-state index contributed by atoms with van der Waals surface area (Å²) in [5.74, 6) is 0.212. The summed E-state index contributed by atoms with van der Waals surface area (Å²) >= 11 is 0. The van der Waals surface area contributed by atoms with Crippen molar-refractivity contribution in [3.63, 3.8) is 0 Å². The van der Waals surface area contributed by atoms with E-state index in [1.807, 2.05) is 39.0 Å². The van der Waals surface area contributed by atoms with Crippen molar-refractivity contribution in [2.24, 2.45) is 12.8 Å². The monoisotopic (exact) mass is 376 g/mol. The average molecular weight is 376 g/mol. The van der Waals surface area contributed by atoms with Crippen LogP contribution in [0.5, 0.6) is 0 Å². The van der Waals surface area contributed by atoms with Gasteiger partial charge in [-0.2, -0.15) is 0 Å². The van der Waals surface area contributed by atoms with Crippen LogP contribution in [0.1, 0.15) is 27.4 Å². The molecule has 2 heterocycles. The van der Waals surface area contributed by atoms with Gasteiger partial charge in [-0.3, -0.25) is 9.36 Å². The molecule has 142 valence electrons. The minimum absolute atomic E-state index is 0.212. The van der Waals surface area contributed by atoms with Gasteiger partial charge in [-0.1, -0.05) is 17.3 Å². The highest BCUT2D eigenvalue weighted by Crippen LogP contribution is 2.37. The lowest BCUT2D eigenvalue weighted by Gasteiger charge is -2.13. The number of primary amides is 1. The molecule has 0 fully saturated rings. The maximum Gasteiger partial charge on any atom is 0.326 e. The van der Waals surface area contributed by atoms with Gasteiger partial charge in [-0.25, -0.2) is 4.79 Å². The van der Waals surface area contributed by atoms with Crippen LogP contribution < -0.4 is 11.4 Å². The molecule has 3 N–H and O–H groups in total. The number of nitrogens with one attached hydrogen (secondary N) is 1. The first kappa shape index (κ1) is 17.8. The molecule has 0 aliphatic carbocycles. The van der Waals surface area contributed by atoms with Crippen molar-refractivity contribution < 1.29 is 9.32 Å². The quantitative estimate of drug-likeness (QED) is 0.572. The lowest BCUT2D eigenvalue weighted by Crippen LogP contribution is -2.13. The van der Waals surface area contributed by atoms with Gasteiger partial charge < -0.3 is 15.2 Å². The number of aromatic amines is 1. The van der Waals surface area contributed by atoms with Crippen molar-refractivity contribution in [3.05, 3.63) is 63.4 Å². The Hall–Kier alpha value is -3.61. The normalized spacial score (nSPS) is 11.3. The molecule has 0 spiro atoms. The van der Waals surface area contributed by atoms with Crippen molar-refractivity contribution in [1.82, 2.24) is 14.7 Å². The van der Waals surface area contributed by atoms with Crippen LogP contribution in [0.3, 0.4) is 0 Å². The second kappa shape index (κ2) is 6.23. The van der Waals surface area contributed by atoms with E-state index in [4.69, 9.17) is 10.3 Å². The summed E-state index contributed by atoms with van der Waals surface area (Å²) in [4.78, 5) is 27.0. The Balaban J connectivity index is 2.12. The molecule has 2 aromatic carbocycles. The molecule has 0 aliphatic heterocycles. The zero-order valence-electron chi connectivity index (χ0n) is 16.1. The predicted molar refractivity (Wildman–Crippen MR) is 107 cm³/mol. The molecule has 0 saturated carbocycles. The number of rotatable bonds is 3. The number of aromatic nitrogens is 3. The van der Waals surface area contributed by atoms with Gasteiger partial charge in [0.1, 0.15) is 5.76 Å². The second-order valence-corrected chi connectivity index (χ2v) is 6.95. The fourth-order valence-electron chi connectivity index (χ4n) is 3.83. The Kier molecular flexibility index (Phi) is 3.96. The highest BCUT2D eigenvalue weighted by Gasteiger charge is 2.19. The summed E-state index contributed by atoms with van der Waals surface area (Å²) in [6, 6.07) is 9.33. The molecule has 7 heteroatoms. The molecule has 0 aliphatic rings. The molecule has 7 nitrogen and oxygen atoms in total. The van der Waals surface area contributed by atoms with E-state index < -0.39 is 5.91 Å². The fourth-order valence-corrected chi connectivity index (χ4v) is 3.83. The number of hydrogen-bond acceptors (Lipinski definition) is 4. The van der Waals surface area contributed by atoms with Crippen LogP contribution in [0.15, 0.2) is 39.6 Å². The van der Waals surface area contributed by atoms with Crippen molar-refractivity contribution in [3.8, 4) is 22.3 Å². The molecule has 0 atom stereocenters. The molecule has 4 rings (SSSR count). The fraction of sp³-hybridized carbons (Fsp3) is 0.190. The maximum atomic E-state index is 12.3. The summed E-state index contributed by atoms with van der Waals surface area (Å²) in [6.07, 6.45) is 0. The summed E-state index contributed by atoms with van der Waals surface area (Å²) in [5, 5.41) is 4.04. The SMILES string of the molecule is Cc1noc(C)c1-c1cc(-c2cccc(C(N)=O)c2C)c2c(c1)[nH]c(=O)n2C. The Morgan fingerprint density at radius 2 is 1.93 bits per heavy atom. The molecule has 4 aromatic rings. The van der Waals surface area contributed by atoms with Crippen LogP contribution in [0.2, 0.25) is 0 Å². The topological polar surface area (TPSA) is 107 Å². The van der Waals surface area contributed by atoms with Gasteiger partial charge in [0.05, 0.1) is 16.7 Å². The highest BCUT2D eigenvalue weighted by atomic mass is 16.5. The first-order valence-corrected chi connectivity index (χ1v) is 8.85. The average Bonchev–Trinajstić information content (AvgIpc) is 3.13. The number of carbonyl (C=O) groups excluding carboxylic acids is 1. The number of nitrogens with two attached hydrogens (primary N) is 1. The highest BCUT2D eigenvalue weighted by molar-refractivity contribution is 6.01. The van der Waals surface area contributed by atoms with E-state index in [0.717, 1.165) is 39.0 Å². The standard InChI is InChI=1S/C21H20N4O3/c1-10-14(6-5-7-15(10)20(22)26)16-8-13(18-11(2)24-28-12(18)3)9-17-19(16)25(4)21(27)23-17/h5-9H,1-4H3,(H2,22,26)(H,23,27). The van der Waals surface area contributed by atoms with Crippen molar-refractivity contribution in [2.45, 2.75) is 20.8 Å². The number of carbonyl (C=O) groups is 1. The third-order valence-electron chi connectivity index (χ3n) is 5.20. The Bertz CT molecular complexity index is 1290. The number of fused-ring (bicyclic) bond motifs is 1. The van der Waals surface area contributed by atoms with Crippen LogP contribution in [-0.2, 0) is 7.05 Å². The van der Waals surface area contributed by atoms with E-state index in [1.54, 1.807) is 23.7 Å². The molecule has 1 amide bonds. The molecular formula is C21H20N4O3. The smallest absolute Gasteiger partial charge is 0.326 e. The van der Waals surface area contributed by atoms with E-state index in [0.29, 0.717) is 16.8 Å². The molecule has 2 aromatic heterocycles. The summed E-state index contributed by atoms with van der Waals surface area (Å²) in [7, 11) is 1.72. The largest absolute Gasteiger partial charge is 0.366 e. The Morgan fingerprint density at radius 3 is 2.57 bits per heavy atom. The lowest BCUT2D eigenvalue weighted by atomic mass is 9.92. The molecule has 28 heavy (non-hydrogen) atoms. The lowest BCUT2D eigenvalue weighted by molar-refractivity contribution is 0.0999. The van der Waals surface area contributed by atoms with Gasteiger partial charge in [0, 0.05) is 23.7 Å². The number of imidazole rings is 1. The molecule has 0 radical (unpaired) electrons. The summed E-state index contributed by atoms with van der Waals surface area (Å²) < 4.78 is 6.89. The van der Waals surface area contributed by atoms with Crippen LogP contribution >= 0.6 is 0 Å². The number of nitrogens with zero attached hydrogens (tertiary/aromatic N) is 2. The minimum atomic E-state index is -0.486. The van der Waals surface area contributed by atoms with Crippen molar-refractivity contribution in [2.75, 3.05) is 0 Å². The number of benzene rings is 2. The molecule has 0 bridgehead atoms. The van der Waals surface area contributed by atoms with Crippen LogP contribution in [-0.4, -0.2) is 20.6 Å². The van der Waals surface area contributed by atoms with E-state index in [-0.39, 0.29) is 5.69 Å². The van der Waals surface area contributed by atoms with Crippen molar-refractivity contribution >= 4 is 16.9 Å². The van der Waals surface area contributed by atoms with Crippen LogP contribution in [0.4, 0.5) is 0 Å². The molecular weight excluding hydrogens is 356 g/mol. The van der Waals surface area contributed by atoms with E-state index in [9.17, 15) is 9.59 Å². The van der Waals surface area contributed by atoms with E-state index in [1.165, 1.54) is 0 Å². The molecule has 0 unspecified atom stereocenters. The third kappa shape index (κ3) is 2.55. The van der Waals surface area contributed by atoms with Gasteiger partial charge in [0.2, 0.25) is 5.91 Å². The second-order valence-electron chi connectivity index (χ2n) is 6.95. The van der Waals surface area contributed by atoms with Gasteiger partial charge in [-0.05, 0) is 55.7 Å². The molecule has 0 saturated heterocycles. The predicted octanol–water partition coefficient (Wildman–Crippen LogP) is 3.21. The van der Waals surface area contributed by atoms with Gasteiger partial charge in [0.15, 0.2) is 0 Å². The zero-order chi connectivity index (χ0) is 20.2. The van der Waals surface area contributed by atoms with Crippen molar-refractivity contribution in [1.29, 1.82) is 0 Å². The number of H-pyrrole nitrogens is 1. The van der Waals surface area contributed by atoms with Crippen LogP contribution in [0, 0.1) is 20.8 Å². The van der Waals surface area contributed by atoms with Crippen LogP contribution in [0.25, 0.3) is 33.3 Å². The number of aryl methyl sites for hydroxylation is 3. The van der Waals surface area contributed by atoms with E-state index >= 15 is 0 Å². The number of hydrogen-bond donors (Lipinski definition) is 2. The first-order valence-electron chi connectivity index (χ1n) is 8.85. The third-order valence-corrected chi connectivity index (χ3v) is 5.20. The van der Waals surface area contributed by atoms with E-state index in [2.05, 4.69) is 10.1 Å². The zero-order valence-corrected chi connectivity index (χ0v) is 16.1. The minimum Gasteiger partial charge on any atom is -0.366 e. The Labute approximate surface area is 160 Å². The van der Waals surface area contributed by atoms with Gasteiger partial charge in [-0.15, -0.1) is 0 Å². The van der Waals surface area contributed by atoms with Gasteiger partial charge in [0.25, 0.3) is 0 Å². The summed E-state index contributed by atoms with van der Waals surface area (Å²) in [6.45, 7) is 5.59. The summed E-state index contributed by atoms with van der Waals surface area (Å²) in [5.41, 5.74) is 12.2. The number of amides is 1. The Morgan fingerprint density at radius 1 is 1.18 bits per heavy atom. The maximum absolute atomic E-state index is 12.3.